The number of carbonyl (C=O) groups is 1. The quantitative estimate of drug-likeness (QED) is 0.638. The van der Waals surface area contributed by atoms with E-state index in [1.165, 1.54) is 0 Å². The molecule has 1 aliphatic rings. The second-order valence-electron chi connectivity index (χ2n) is 5.52. The van der Waals surface area contributed by atoms with Gasteiger partial charge in [-0.15, -0.1) is 0 Å². The molecular formula is C15H18N6O2. The zero-order valence-corrected chi connectivity index (χ0v) is 12.9. The van der Waals surface area contributed by atoms with Crippen molar-refractivity contribution in [3.8, 4) is 0 Å². The van der Waals surface area contributed by atoms with Crippen LogP contribution in [-0.2, 0) is 0 Å². The first-order chi connectivity index (χ1) is 11.1. The van der Waals surface area contributed by atoms with Crippen LogP contribution in [0.25, 0.3) is 0 Å². The minimum absolute atomic E-state index is 0.0712. The van der Waals surface area contributed by atoms with E-state index in [1.54, 1.807) is 26.2 Å². The lowest BCUT2D eigenvalue weighted by atomic mass is 10.1. The molecule has 0 saturated carbocycles. The normalized spacial score (nSPS) is 20.4. The number of aromatic nitrogens is 3. The Morgan fingerprint density at radius 3 is 2.74 bits per heavy atom. The van der Waals surface area contributed by atoms with Gasteiger partial charge in [0.2, 0.25) is 0 Å². The summed E-state index contributed by atoms with van der Waals surface area (Å²) in [5.74, 6) is -0.413. The van der Waals surface area contributed by atoms with Crippen LogP contribution in [0.5, 0.6) is 0 Å². The summed E-state index contributed by atoms with van der Waals surface area (Å²) in [6.07, 6.45) is 3.85. The number of nitrogens with zero attached hydrogens (tertiary/aromatic N) is 2. The summed E-state index contributed by atoms with van der Waals surface area (Å²) in [7, 11) is 0. The molecule has 0 aliphatic carbocycles. The summed E-state index contributed by atoms with van der Waals surface area (Å²) in [4.78, 5) is 28.3. The van der Waals surface area contributed by atoms with E-state index in [4.69, 9.17) is 0 Å². The molecule has 1 saturated heterocycles. The van der Waals surface area contributed by atoms with Gasteiger partial charge in [0.1, 0.15) is 5.56 Å². The van der Waals surface area contributed by atoms with Gasteiger partial charge in [0.25, 0.3) is 11.5 Å². The summed E-state index contributed by atoms with van der Waals surface area (Å²) in [6.45, 7) is 3.46. The third-order valence-corrected chi connectivity index (χ3v) is 4.01. The van der Waals surface area contributed by atoms with Gasteiger partial charge in [0, 0.05) is 24.9 Å². The zero-order chi connectivity index (χ0) is 16.4. The molecule has 23 heavy (non-hydrogen) atoms. The third kappa shape index (κ3) is 3.13. The van der Waals surface area contributed by atoms with Crippen LogP contribution in [0.1, 0.15) is 39.6 Å². The van der Waals surface area contributed by atoms with E-state index in [0.717, 1.165) is 5.56 Å². The Bertz CT molecular complexity index is 773. The topological polar surface area (TPSA) is 112 Å². The number of carbonyl (C=O) groups excluding carboxylic acids is 1. The summed E-state index contributed by atoms with van der Waals surface area (Å²) >= 11 is 0. The molecule has 1 aliphatic heterocycles. The Morgan fingerprint density at radius 1 is 1.26 bits per heavy atom. The fraction of sp³-hybridized carbons (Fsp3) is 0.333. The van der Waals surface area contributed by atoms with Crippen molar-refractivity contribution >= 4 is 5.91 Å². The fourth-order valence-corrected chi connectivity index (χ4v) is 2.59. The lowest BCUT2D eigenvalue weighted by Gasteiger charge is -2.13. The van der Waals surface area contributed by atoms with Gasteiger partial charge in [-0.05, 0) is 37.1 Å². The number of hydrogen-bond acceptors (Lipinski definition) is 6. The molecule has 0 spiro atoms. The number of H-pyrrole nitrogens is 1. The highest BCUT2D eigenvalue weighted by Crippen LogP contribution is 2.20. The van der Waals surface area contributed by atoms with Crippen molar-refractivity contribution in [3.05, 3.63) is 57.3 Å². The van der Waals surface area contributed by atoms with E-state index in [0.29, 0.717) is 17.7 Å². The molecule has 2 aromatic heterocycles. The summed E-state index contributed by atoms with van der Waals surface area (Å²) in [5, 5.41) is 9.02. The monoisotopic (exact) mass is 314 g/mol. The number of amides is 1. The van der Waals surface area contributed by atoms with Gasteiger partial charge in [-0.25, -0.2) is 16.0 Å². The van der Waals surface area contributed by atoms with Crippen molar-refractivity contribution in [2.75, 3.05) is 0 Å². The Kier molecular flexibility index (Phi) is 4.18. The minimum atomic E-state index is -0.484. The Morgan fingerprint density at radius 2 is 2.00 bits per heavy atom. The molecule has 8 heteroatoms. The van der Waals surface area contributed by atoms with Crippen LogP contribution in [0.15, 0.2) is 29.3 Å². The average Bonchev–Trinajstić information content (AvgIpc) is 3.01. The minimum Gasteiger partial charge on any atom is -0.335 e. The highest BCUT2D eigenvalue weighted by molar-refractivity contribution is 5.95. The predicted molar refractivity (Wildman–Crippen MR) is 83.5 cm³/mol. The van der Waals surface area contributed by atoms with Crippen LogP contribution in [0, 0.1) is 13.8 Å². The van der Waals surface area contributed by atoms with E-state index in [2.05, 4.69) is 31.3 Å². The summed E-state index contributed by atoms with van der Waals surface area (Å²) in [6, 6.07) is 3.91. The molecule has 3 rings (SSSR count). The molecule has 3 heterocycles. The molecule has 0 bridgehead atoms. The average molecular weight is 314 g/mol. The van der Waals surface area contributed by atoms with E-state index in [-0.39, 0.29) is 17.8 Å². The SMILES string of the molecule is Cc1n[nH]c(=O)c(C(=O)NC2CC(c3ccncc3)NN2)c1C. The van der Waals surface area contributed by atoms with Crippen molar-refractivity contribution < 1.29 is 4.79 Å². The first-order valence-corrected chi connectivity index (χ1v) is 7.34. The number of aryl methyl sites for hydroxylation is 1. The molecular weight excluding hydrogens is 296 g/mol. The maximum absolute atomic E-state index is 12.4. The smallest absolute Gasteiger partial charge is 0.277 e. The van der Waals surface area contributed by atoms with Crippen molar-refractivity contribution in [1.29, 1.82) is 0 Å². The highest BCUT2D eigenvalue weighted by atomic mass is 16.2. The molecule has 120 valence electrons. The number of nitrogens with one attached hydrogen (secondary N) is 4. The standard InChI is InChI=1S/C15H18N6O2/c1-8-9(2)18-21-15(23)13(8)14(22)17-12-7-11(19-20-12)10-3-5-16-6-4-10/h3-6,11-12,19-20H,7H2,1-2H3,(H,17,22)(H,21,23). The molecule has 8 nitrogen and oxygen atoms in total. The van der Waals surface area contributed by atoms with Gasteiger partial charge >= 0.3 is 0 Å². The fourth-order valence-electron chi connectivity index (χ4n) is 2.59. The number of hydrogen-bond donors (Lipinski definition) is 4. The van der Waals surface area contributed by atoms with Crippen LogP contribution in [-0.4, -0.2) is 27.3 Å². The Labute approximate surface area is 132 Å². The summed E-state index contributed by atoms with van der Waals surface area (Å²) in [5.41, 5.74) is 8.07. The second-order valence-corrected chi connectivity index (χ2v) is 5.52. The van der Waals surface area contributed by atoms with Crippen LogP contribution < -0.4 is 21.7 Å². The van der Waals surface area contributed by atoms with Crippen LogP contribution in [0.2, 0.25) is 0 Å². The van der Waals surface area contributed by atoms with Gasteiger partial charge < -0.3 is 5.32 Å². The molecule has 0 aromatic carbocycles. The number of rotatable bonds is 3. The first-order valence-electron chi connectivity index (χ1n) is 7.34. The van der Waals surface area contributed by atoms with Crippen LogP contribution in [0.4, 0.5) is 0 Å². The van der Waals surface area contributed by atoms with Gasteiger partial charge in [0.05, 0.1) is 11.9 Å². The van der Waals surface area contributed by atoms with Gasteiger partial charge in [-0.2, -0.15) is 5.10 Å². The van der Waals surface area contributed by atoms with E-state index < -0.39 is 11.5 Å². The predicted octanol–water partition coefficient (Wildman–Crippen LogP) is 0.0768. The first kappa shape index (κ1) is 15.3. The summed E-state index contributed by atoms with van der Waals surface area (Å²) < 4.78 is 0. The molecule has 2 unspecified atom stereocenters. The van der Waals surface area contributed by atoms with Crippen molar-refractivity contribution in [2.24, 2.45) is 0 Å². The van der Waals surface area contributed by atoms with Crippen molar-refractivity contribution in [3.63, 3.8) is 0 Å². The molecule has 2 aromatic rings. The van der Waals surface area contributed by atoms with Gasteiger partial charge in [-0.1, -0.05) is 0 Å². The van der Waals surface area contributed by atoms with Crippen LogP contribution >= 0.6 is 0 Å². The lowest BCUT2D eigenvalue weighted by molar-refractivity contribution is 0.0929. The largest absolute Gasteiger partial charge is 0.335 e. The molecule has 2 atom stereocenters. The van der Waals surface area contributed by atoms with E-state index in [9.17, 15) is 9.59 Å². The number of pyridine rings is 1. The molecule has 4 N–H and O–H groups in total. The molecule has 0 radical (unpaired) electrons. The maximum atomic E-state index is 12.4. The van der Waals surface area contributed by atoms with E-state index >= 15 is 0 Å². The third-order valence-electron chi connectivity index (χ3n) is 4.01. The molecule has 1 fully saturated rings. The second kappa shape index (κ2) is 6.27. The van der Waals surface area contributed by atoms with Crippen LogP contribution in [0.3, 0.4) is 0 Å². The Balaban J connectivity index is 1.71. The van der Waals surface area contributed by atoms with E-state index in [1.807, 2.05) is 12.1 Å². The van der Waals surface area contributed by atoms with Gasteiger partial charge in [-0.3, -0.25) is 14.6 Å². The van der Waals surface area contributed by atoms with Crippen molar-refractivity contribution in [1.82, 2.24) is 31.3 Å². The zero-order valence-electron chi connectivity index (χ0n) is 12.9. The van der Waals surface area contributed by atoms with Gasteiger partial charge in [0.15, 0.2) is 0 Å². The number of hydrazine groups is 1. The highest BCUT2D eigenvalue weighted by Gasteiger charge is 2.27. The lowest BCUT2D eigenvalue weighted by Crippen LogP contribution is -2.45. The Hall–Kier alpha value is -2.58. The maximum Gasteiger partial charge on any atom is 0.277 e. The number of aromatic amines is 1. The molecule has 1 amide bonds. The van der Waals surface area contributed by atoms with Crippen molar-refractivity contribution in [2.45, 2.75) is 32.5 Å².